The Morgan fingerprint density at radius 2 is 1.85 bits per heavy atom. The second-order valence-corrected chi connectivity index (χ2v) is 7.95. The van der Waals surface area contributed by atoms with Crippen molar-refractivity contribution in [3.8, 4) is 6.57 Å². The van der Waals surface area contributed by atoms with Gasteiger partial charge in [0, 0.05) is 44.1 Å². The van der Waals surface area contributed by atoms with Crippen molar-refractivity contribution in [2.24, 2.45) is 5.73 Å². The lowest BCUT2D eigenvalue weighted by Gasteiger charge is -2.28. The van der Waals surface area contributed by atoms with Gasteiger partial charge >= 0.3 is 5.70 Å². The van der Waals surface area contributed by atoms with E-state index in [0.717, 1.165) is 76.6 Å². The third-order valence-electron chi connectivity index (χ3n) is 6.32. The van der Waals surface area contributed by atoms with Crippen molar-refractivity contribution < 1.29 is 4.74 Å². The molecule has 1 fully saturated rings. The Hall–Kier alpha value is -1.77. The van der Waals surface area contributed by atoms with Crippen LogP contribution in [0.4, 0.5) is 0 Å². The lowest BCUT2D eigenvalue weighted by atomic mass is 9.98. The molecular formula is C22H35N4O+. The van der Waals surface area contributed by atoms with Crippen LogP contribution in [0.1, 0.15) is 52.4 Å². The number of nitrogens with zero attached hydrogens (tertiary/aromatic N) is 3. The number of nitrogens with two attached hydrogens (primary N) is 1. The Balaban J connectivity index is 1.67. The lowest BCUT2D eigenvalue weighted by molar-refractivity contribution is 0.0366. The maximum Gasteiger partial charge on any atom is 0.321 e. The molecule has 5 nitrogen and oxygen atoms in total. The average Bonchev–Trinajstić information content (AvgIpc) is 2.87. The fraction of sp³-hybridized carbons (Fsp3) is 0.682. The molecule has 5 heteroatoms. The first-order chi connectivity index (χ1) is 13.1. The summed E-state index contributed by atoms with van der Waals surface area (Å²) in [5.41, 5.74) is 13.8. The van der Waals surface area contributed by atoms with E-state index in [4.69, 9.17) is 17.0 Å². The standard InChI is InChI=1S/C22H35N4O/c1-17-18(2)26(11-7-10-25-12-14-27-15-13-25)16-20(17)22(23)19-8-5-4-6-9-21(19)24-3/h3H,4-16,23H2,1-2H3/q+1/b22-20-. The first kappa shape index (κ1) is 20.0. The molecule has 0 atom stereocenters. The van der Waals surface area contributed by atoms with Gasteiger partial charge in [-0.25, -0.2) is 0 Å². The molecule has 0 spiro atoms. The topological polar surface area (TPSA) is 46.1 Å². The fourth-order valence-electron chi connectivity index (χ4n) is 4.41. The Morgan fingerprint density at radius 1 is 1.11 bits per heavy atom. The predicted octanol–water partition coefficient (Wildman–Crippen LogP) is 3.71. The second kappa shape index (κ2) is 9.43. The molecule has 2 N–H and O–H groups in total. The number of ether oxygens (including phenoxy) is 1. The van der Waals surface area contributed by atoms with Gasteiger partial charge in [-0.1, -0.05) is 6.42 Å². The van der Waals surface area contributed by atoms with Gasteiger partial charge in [0.25, 0.3) is 6.57 Å². The summed E-state index contributed by atoms with van der Waals surface area (Å²) in [6, 6.07) is 0. The fourth-order valence-corrected chi connectivity index (χ4v) is 4.41. The first-order valence-electron chi connectivity index (χ1n) is 10.5. The molecule has 2 heterocycles. The van der Waals surface area contributed by atoms with E-state index in [2.05, 4.69) is 28.5 Å². The molecule has 3 rings (SSSR count). The Morgan fingerprint density at radius 3 is 2.59 bits per heavy atom. The van der Waals surface area contributed by atoms with E-state index < -0.39 is 0 Å². The molecule has 0 saturated carbocycles. The first-order valence-corrected chi connectivity index (χ1v) is 10.5. The van der Waals surface area contributed by atoms with Crippen LogP contribution >= 0.6 is 0 Å². The van der Waals surface area contributed by atoms with Gasteiger partial charge in [-0.05, 0) is 55.5 Å². The summed E-state index contributed by atoms with van der Waals surface area (Å²) < 4.78 is 5.44. The van der Waals surface area contributed by atoms with Gasteiger partial charge in [-0.3, -0.25) is 4.90 Å². The number of morpholine rings is 1. The smallest absolute Gasteiger partial charge is 0.321 e. The largest absolute Gasteiger partial charge is 0.398 e. The number of allylic oxidation sites excluding steroid dienone is 3. The van der Waals surface area contributed by atoms with Crippen molar-refractivity contribution in [3.05, 3.63) is 38.7 Å². The van der Waals surface area contributed by atoms with Crippen molar-refractivity contribution >= 4 is 0 Å². The average molecular weight is 372 g/mol. The molecular weight excluding hydrogens is 336 g/mol. The van der Waals surface area contributed by atoms with Gasteiger partial charge in [0.05, 0.1) is 25.2 Å². The molecule has 0 radical (unpaired) electrons. The van der Waals surface area contributed by atoms with Crippen molar-refractivity contribution in [2.45, 2.75) is 52.4 Å². The molecule has 0 unspecified atom stereocenters. The maximum atomic E-state index is 6.67. The van der Waals surface area contributed by atoms with Crippen LogP contribution in [0.2, 0.25) is 0 Å². The zero-order chi connectivity index (χ0) is 19.2. The highest BCUT2D eigenvalue weighted by Gasteiger charge is 2.28. The van der Waals surface area contributed by atoms with Crippen LogP contribution in [0.3, 0.4) is 0 Å². The quantitative estimate of drug-likeness (QED) is 0.800. The number of hydrogen-bond donors (Lipinski definition) is 1. The highest BCUT2D eigenvalue weighted by molar-refractivity contribution is 5.50. The van der Waals surface area contributed by atoms with Crippen molar-refractivity contribution in [1.29, 1.82) is 0 Å². The van der Waals surface area contributed by atoms with Gasteiger partial charge in [0.2, 0.25) is 0 Å². The van der Waals surface area contributed by atoms with Gasteiger partial charge in [-0.2, -0.15) is 0 Å². The molecule has 0 aromatic rings. The molecule has 0 aromatic carbocycles. The normalized spacial score (nSPS) is 24.3. The molecule has 0 bridgehead atoms. The predicted molar refractivity (Wildman–Crippen MR) is 111 cm³/mol. The van der Waals surface area contributed by atoms with E-state index >= 15 is 0 Å². The molecule has 2 aliphatic heterocycles. The van der Waals surface area contributed by atoms with Crippen LogP contribution in [0.5, 0.6) is 0 Å². The zero-order valence-electron chi connectivity index (χ0n) is 17.1. The lowest BCUT2D eigenvalue weighted by Crippen LogP contribution is -2.37. The van der Waals surface area contributed by atoms with Crippen LogP contribution in [0.25, 0.3) is 4.85 Å². The van der Waals surface area contributed by atoms with Crippen LogP contribution in [0, 0.1) is 6.57 Å². The SMILES string of the molecule is C#[N+]C1=C(/C(N)=C2\CN(CCCN3CCOCC3)C(C)=C2C)CCCCC1. The number of hydrogen-bond acceptors (Lipinski definition) is 4. The van der Waals surface area contributed by atoms with Crippen LogP contribution in [0.15, 0.2) is 33.8 Å². The molecule has 1 aliphatic carbocycles. The highest BCUT2D eigenvalue weighted by Crippen LogP contribution is 2.34. The van der Waals surface area contributed by atoms with Crippen LogP contribution in [-0.2, 0) is 4.74 Å². The molecule has 1 saturated heterocycles. The second-order valence-electron chi connectivity index (χ2n) is 7.95. The molecule has 0 aromatic heterocycles. The van der Waals surface area contributed by atoms with Crippen LogP contribution in [-0.4, -0.2) is 55.7 Å². The van der Waals surface area contributed by atoms with E-state index in [1.54, 1.807) is 0 Å². The van der Waals surface area contributed by atoms with E-state index in [1.165, 1.54) is 41.7 Å². The summed E-state index contributed by atoms with van der Waals surface area (Å²) in [6.45, 7) is 17.1. The molecule has 148 valence electrons. The summed E-state index contributed by atoms with van der Waals surface area (Å²) in [6.07, 6.45) is 6.67. The van der Waals surface area contributed by atoms with Gasteiger partial charge in [0.1, 0.15) is 0 Å². The minimum Gasteiger partial charge on any atom is -0.398 e. The third-order valence-corrected chi connectivity index (χ3v) is 6.32. The summed E-state index contributed by atoms with van der Waals surface area (Å²) >= 11 is 0. The van der Waals surface area contributed by atoms with Crippen molar-refractivity contribution in [2.75, 3.05) is 45.9 Å². The van der Waals surface area contributed by atoms with Crippen LogP contribution < -0.4 is 5.73 Å². The summed E-state index contributed by atoms with van der Waals surface area (Å²) in [7, 11) is 0. The minimum atomic E-state index is 0.870. The van der Waals surface area contributed by atoms with E-state index in [0.29, 0.717) is 0 Å². The van der Waals surface area contributed by atoms with Gasteiger partial charge in [0.15, 0.2) is 0 Å². The molecule has 0 amide bonds. The van der Waals surface area contributed by atoms with Gasteiger partial charge < -0.3 is 15.4 Å². The molecule has 3 aliphatic rings. The summed E-state index contributed by atoms with van der Waals surface area (Å²) in [5, 5.41) is 0. The monoisotopic (exact) mass is 371 g/mol. The Bertz CT molecular complexity index is 677. The van der Waals surface area contributed by atoms with Crippen molar-refractivity contribution in [1.82, 2.24) is 9.80 Å². The Labute approximate surface area is 164 Å². The minimum absolute atomic E-state index is 0.870. The molecule has 27 heavy (non-hydrogen) atoms. The summed E-state index contributed by atoms with van der Waals surface area (Å²) in [4.78, 5) is 9.05. The third kappa shape index (κ3) is 4.75. The Kier molecular flexibility index (Phi) is 6.98. The van der Waals surface area contributed by atoms with E-state index in [-0.39, 0.29) is 0 Å². The highest BCUT2D eigenvalue weighted by atomic mass is 16.5. The van der Waals surface area contributed by atoms with E-state index in [1.807, 2.05) is 0 Å². The summed E-state index contributed by atoms with van der Waals surface area (Å²) in [5.74, 6) is 0. The number of rotatable bonds is 5. The van der Waals surface area contributed by atoms with E-state index in [9.17, 15) is 0 Å². The maximum absolute atomic E-state index is 6.67. The van der Waals surface area contributed by atoms with Crippen molar-refractivity contribution in [3.63, 3.8) is 0 Å². The van der Waals surface area contributed by atoms with Gasteiger partial charge in [-0.15, -0.1) is 0 Å². The zero-order valence-corrected chi connectivity index (χ0v) is 17.1.